The highest BCUT2D eigenvalue weighted by Crippen LogP contribution is 2.47. The molecule has 0 saturated carbocycles. The van der Waals surface area contributed by atoms with Gasteiger partial charge in [-0.3, -0.25) is 4.79 Å². The van der Waals surface area contributed by atoms with E-state index >= 15 is 0 Å². The smallest absolute Gasteiger partial charge is 0.228 e. The number of rotatable bonds is 6. The van der Waals surface area contributed by atoms with E-state index in [1.54, 1.807) is 34.3 Å². The molecule has 1 aliphatic carbocycles. The van der Waals surface area contributed by atoms with Crippen LogP contribution in [-0.4, -0.2) is 26.6 Å². The Bertz CT molecular complexity index is 1010. The Morgan fingerprint density at radius 1 is 1.03 bits per heavy atom. The fourth-order valence-corrected chi connectivity index (χ4v) is 3.84. The largest absolute Gasteiger partial charge is 0.493 e. The lowest BCUT2D eigenvalue weighted by Gasteiger charge is -2.13. The van der Waals surface area contributed by atoms with Gasteiger partial charge in [0.2, 0.25) is 11.0 Å². The van der Waals surface area contributed by atoms with Crippen molar-refractivity contribution in [1.29, 1.82) is 0 Å². The number of allylic oxidation sites excluding steroid dienone is 3. The van der Waals surface area contributed by atoms with Gasteiger partial charge in [0.05, 0.1) is 27.2 Å². The molecule has 0 bridgehead atoms. The summed E-state index contributed by atoms with van der Waals surface area (Å²) in [6.45, 7) is 3.64. The molecule has 2 aromatic carbocycles. The second-order valence-electron chi connectivity index (χ2n) is 6.77. The van der Waals surface area contributed by atoms with Crippen molar-refractivity contribution >= 4 is 34.1 Å². The van der Waals surface area contributed by atoms with E-state index in [1.807, 2.05) is 25.1 Å². The van der Waals surface area contributed by atoms with Gasteiger partial charge >= 0.3 is 0 Å². The first-order chi connectivity index (χ1) is 13.8. The van der Waals surface area contributed by atoms with Crippen molar-refractivity contribution in [1.82, 2.24) is 0 Å². The summed E-state index contributed by atoms with van der Waals surface area (Å²) in [4.78, 5) is 11.8. The van der Waals surface area contributed by atoms with Crippen molar-refractivity contribution in [3.8, 4) is 17.2 Å². The lowest BCUT2D eigenvalue weighted by molar-refractivity contribution is -0.113. The summed E-state index contributed by atoms with van der Waals surface area (Å²) in [7, 11) is 4.65. The third-order valence-corrected chi connectivity index (χ3v) is 5.47. The van der Waals surface area contributed by atoms with Gasteiger partial charge < -0.3 is 14.2 Å². The van der Waals surface area contributed by atoms with Crippen LogP contribution in [0.25, 0.3) is 17.2 Å². The highest BCUT2D eigenvalue weighted by atomic mass is 35.5. The second kappa shape index (κ2) is 8.29. The number of methoxy groups -OCH3 is 3. The summed E-state index contributed by atoms with van der Waals surface area (Å²) < 4.78 is 30.2. The molecule has 1 aliphatic rings. The molecule has 0 fully saturated rings. The third-order valence-electron chi connectivity index (χ3n) is 5.14. The van der Waals surface area contributed by atoms with Gasteiger partial charge in [0.1, 0.15) is 5.82 Å². The van der Waals surface area contributed by atoms with E-state index in [4.69, 9.17) is 25.8 Å². The summed E-state index contributed by atoms with van der Waals surface area (Å²) in [5.74, 6) is 0.644. The average molecular weight is 417 g/mol. The van der Waals surface area contributed by atoms with Crippen LogP contribution in [0.1, 0.15) is 30.5 Å². The normalized spacial score (nSPS) is 15.3. The first-order valence-corrected chi connectivity index (χ1v) is 9.42. The molecular weight excluding hydrogens is 395 g/mol. The topological polar surface area (TPSA) is 44.8 Å². The van der Waals surface area contributed by atoms with Crippen LogP contribution in [0.5, 0.6) is 17.2 Å². The van der Waals surface area contributed by atoms with Gasteiger partial charge in [-0.2, -0.15) is 0 Å². The predicted molar refractivity (Wildman–Crippen MR) is 113 cm³/mol. The van der Waals surface area contributed by atoms with E-state index in [2.05, 4.69) is 0 Å². The molecule has 29 heavy (non-hydrogen) atoms. The zero-order valence-corrected chi connectivity index (χ0v) is 17.7. The fourth-order valence-electron chi connectivity index (χ4n) is 3.73. The number of hydrogen-bond acceptors (Lipinski definition) is 4. The molecule has 0 aliphatic heterocycles. The Balaban J connectivity index is 2.23. The summed E-state index contributed by atoms with van der Waals surface area (Å²) in [5.41, 5.74) is 4.84. The van der Waals surface area contributed by atoms with Crippen molar-refractivity contribution in [2.75, 3.05) is 21.3 Å². The van der Waals surface area contributed by atoms with E-state index in [-0.39, 0.29) is 5.82 Å². The SMILES string of the molecule is COc1cc(/C=C2/C(C)=C(C(C)C(=O)Cl)c3cc(F)ccc32)cc(OC)c1OC. The van der Waals surface area contributed by atoms with E-state index < -0.39 is 11.2 Å². The Morgan fingerprint density at radius 3 is 2.17 bits per heavy atom. The number of halogens is 2. The van der Waals surface area contributed by atoms with Crippen LogP contribution in [0.15, 0.2) is 35.9 Å². The summed E-state index contributed by atoms with van der Waals surface area (Å²) in [5, 5.41) is -0.483. The van der Waals surface area contributed by atoms with Crippen LogP contribution in [0.2, 0.25) is 0 Å². The molecule has 1 unspecified atom stereocenters. The van der Waals surface area contributed by atoms with Crippen LogP contribution < -0.4 is 14.2 Å². The maximum Gasteiger partial charge on any atom is 0.228 e. The number of hydrogen-bond donors (Lipinski definition) is 0. The fraction of sp³-hybridized carbons (Fsp3) is 0.261. The van der Waals surface area contributed by atoms with Gasteiger partial charge in [0.25, 0.3) is 0 Å². The van der Waals surface area contributed by atoms with Gasteiger partial charge in [0.15, 0.2) is 11.5 Å². The molecule has 152 valence electrons. The molecule has 0 spiro atoms. The zero-order valence-electron chi connectivity index (χ0n) is 16.9. The lowest BCUT2D eigenvalue weighted by Crippen LogP contribution is -2.06. The average Bonchev–Trinajstić information content (AvgIpc) is 2.97. The Hall–Kier alpha value is -2.79. The van der Waals surface area contributed by atoms with Crippen molar-refractivity contribution in [3.05, 3.63) is 58.4 Å². The molecule has 1 atom stereocenters. The molecule has 6 heteroatoms. The maximum absolute atomic E-state index is 14.0. The predicted octanol–water partition coefficient (Wildman–Crippen LogP) is 5.58. The quantitative estimate of drug-likeness (QED) is 0.576. The van der Waals surface area contributed by atoms with Gasteiger partial charge in [0, 0.05) is 0 Å². The summed E-state index contributed by atoms with van der Waals surface area (Å²) in [6, 6.07) is 8.24. The number of carbonyl (C=O) groups is 1. The second-order valence-corrected chi connectivity index (χ2v) is 7.14. The minimum absolute atomic E-state index is 0.364. The van der Waals surface area contributed by atoms with Crippen LogP contribution in [-0.2, 0) is 4.79 Å². The standard InChI is InChI=1S/C23H22ClFO4/c1-12-17(8-14-9-19(27-3)22(29-5)20(10-14)28-4)16-7-6-15(25)11-18(16)21(12)13(2)23(24)26/h6-11,13H,1-5H3/b17-8-. The third kappa shape index (κ3) is 3.75. The van der Waals surface area contributed by atoms with Crippen molar-refractivity contribution in [2.45, 2.75) is 13.8 Å². The van der Waals surface area contributed by atoms with Crippen LogP contribution in [0, 0.1) is 11.7 Å². The number of benzene rings is 2. The Kier molecular flexibility index (Phi) is 5.99. The Morgan fingerprint density at radius 2 is 1.66 bits per heavy atom. The highest BCUT2D eigenvalue weighted by Gasteiger charge is 2.30. The zero-order chi connectivity index (χ0) is 21.3. The Labute approximate surface area is 174 Å². The molecular formula is C23H22ClFO4. The first-order valence-electron chi connectivity index (χ1n) is 9.04. The minimum atomic E-state index is -0.553. The lowest BCUT2D eigenvalue weighted by atomic mass is 9.94. The molecule has 0 radical (unpaired) electrons. The first kappa shape index (κ1) is 20.9. The molecule has 0 aromatic heterocycles. The van der Waals surface area contributed by atoms with E-state index in [0.29, 0.717) is 22.8 Å². The number of fused-ring (bicyclic) bond motifs is 1. The van der Waals surface area contributed by atoms with Crippen molar-refractivity contribution in [3.63, 3.8) is 0 Å². The van der Waals surface area contributed by atoms with Crippen molar-refractivity contribution < 1.29 is 23.4 Å². The number of ether oxygens (including phenoxy) is 3. The van der Waals surface area contributed by atoms with Gasteiger partial charge in [-0.05, 0) is 82.3 Å². The van der Waals surface area contributed by atoms with Gasteiger partial charge in [-0.1, -0.05) is 13.0 Å². The van der Waals surface area contributed by atoms with E-state index in [0.717, 1.165) is 27.8 Å². The number of carbonyl (C=O) groups excluding carboxylic acids is 1. The molecule has 0 heterocycles. The van der Waals surface area contributed by atoms with Crippen LogP contribution in [0.4, 0.5) is 4.39 Å². The van der Waals surface area contributed by atoms with E-state index in [1.165, 1.54) is 12.1 Å². The monoisotopic (exact) mass is 416 g/mol. The molecule has 2 aromatic rings. The molecule has 0 saturated heterocycles. The minimum Gasteiger partial charge on any atom is -0.493 e. The molecule has 0 N–H and O–H groups in total. The van der Waals surface area contributed by atoms with Crippen molar-refractivity contribution in [2.24, 2.45) is 5.92 Å². The summed E-state index contributed by atoms with van der Waals surface area (Å²) in [6.07, 6.45) is 1.95. The molecule has 3 rings (SSSR count). The molecule has 0 amide bonds. The van der Waals surface area contributed by atoms with Gasteiger partial charge in [-0.25, -0.2) is 4.39 Å². The highest BCUT2D eigenvalue weighted by molar-refractivity contribution is 6.64. The van der Waals surface area contributed by atoms with Crippen LogP contribution in [0.3, 0.4) is 0 Å². The maximum atomic E-state index is 14.0. The molecule has 4 nitrogen and oxygen atoms in total. The van der Waals surface area contributed by atoms with E-state index in [9.17, 15) is 9.18 Å². The van der Waals surface area contributed by atoms with Crippen LogP contribution >= 0.6 is 11.6 Å². The summed E-state index contributed by atoms with van der Waals surface area (Å²) >= 11 is 5.77. The van der Waals surface area contributed by atoms with Gasteiger partial charge in [-0.15, -0.1) is 0 Å².